The van der Waals surface area contributed by atoms with Crippen LogP contribution in [0.4, 0.5) is 5.82 Å². The van der Waals surface area contributed by atoms with Crippen molar-refractivity contribution in [3.05, 3.63) is 70.8 Å². The monoisotopic (exact) mass is 415 g/mol. The van der Waals surface area contributed by atoms with Crippen LogP contribution in [0.3, 0.4) is 0 Å². The Morgan fingerprint density at radius 2 is 1.90 bits per heavy atom. The van der Waals surface area contributed by atoms with Crippen LogP contribution in [-0.2, 0) is 6.42 Å². The van der Waals surface area contributed by atoms with Gasteiger partial charge in [0, 0.05) is 12.7 Å². The van der Waals surface area contributed by atoms with Crippen molar-refractivity contribution in [2.75, 3.05) is 19.6 Å². The second kappa shape index (κ2) is 9.74. The van der Waals surface area contributed by atoms with Crippen molar-refractivity contribution < 1.29 is 9.84 Å². The number of ether oxygens (including phenoxy) is 1. The summed E-state index contributed by atoms with van der Waals surface area (Å²) >= 11 is 0. The molecule has 4 rings (SSSR count). The van der Waals surface area contributed by atoms with Gasteiger partial charge in [0.15, 0.2) is 5.65 Å². The zero-order chi connectivity index (χ0) is 22.4. The summed E-state index contributed by atoms with van der Waals surface area (Å²) < 4.78 is 7.37. The number of pyridine rings is 1. The molecular weight excluding hydrogens is 390 g/mol. The lowest BCUT2D eigenvalue weighted by Gasteiger charge is -2.15. The minimum atomic E-state index is 0.595. The molecule has 0 fully saturated rings. The molecule has 7 nitrogen and oxygen atoms in total. The Kier molecular flexibility index (Phi) is 6.85. The van der Waals surface area contributed by atoms with Gasteiger partial charge in [0.2, 0.25) is 0 Å². The van der Waals surface area contributed by atoms with Crippen LogP contribution in [0.15, 0.2) is 53.6 Å². The van der Waals surface area contributed by atoms with Gasteiger partial charge < -0.3 is 9.84 Å². The van der Waals surface area contributed by atoms with Crippen LogP contribution in [-0.4, -0.2) is 34.9 Å². The molecule has 0 atom stereocenters. The molecule has 0 unspecified atom stereocenters. The standard InChI is InChI=1S/C23H21N5O.CH4O/c1-4-17-15(2)18(13-24)22-26-19-10-6-7-11-20(19)28(22)23(17)27-25-14-16-9-5-8-12-21(16)29-3;1-2/h5-12,14,27H,4H2,1-3H3;2H,1H3/b25-14+;. The third-order valence-corrected chi connectivity index (χ3v) is 5.10. The van der Waals surface area contributed by atoms with Crippen LogP contribution in [0, 0.1) is 18.3 Å². The first kappa shape index (κ1) is 21.8. The van der Waals surface area contributed by atoms with Gasteiger partial charge in [0.25, 0.3) is 0 Å². The molecule has 0 aliphatic heterocycles. The quantitative estimate of drug-likeness (QED) is 0.374. The number of benzene rings is 2. The van der Waals surface area contributed by atoms with Crippen molar-refractivity contribution in [1.82, 2.24) is 9.38 Å². The van der Waals surface area contributed by atoms with Crippen LogP contribution in [0.1, 0.15) is 29.2 Å². The SMILES string of the molecule is CCc1c(C)c(C#N)c2nc3ccccc3n2c1N/N=C/c1ccccc1OC.CO. The second-order valence-corrected chi connectivity index (χ2v) is 6.66. The number of nitriles is 1. The Morgan fingerprint density at radius 1 is 1.19 bits per heavy atom. The topological polar surface area (TPSA) is 94.9 Å². The first-order chi connectivity index (χ1) is 15.2. The minimum absolute atomic E-state index is 0.595. The molecule has 2 heterocycles. The highest BCUT2D eigenvalue weighted by atomic mass is 16.5. The molecule has 2 aromatic carbocycles. The first-order valence-electron chi connectivity index (χ1n) is 9.89. The highest BCUT2D eigenvalue weighted by molar-refractivity contribution is 5.87. The van der Waals surface area contributed by atoms with Crippen molar-refractivity contribution >= 4 is 28.7 Å². The summed E-state index contributed by atoms with van der Waals surface area (Å²) in [5.41, 5.74) is 9.05. The van der Waals surface area contributed by atoms with Crippen molar-refractivity contribution in [2.45, 2.75) is 20.3 Å². The molecule has 7 heteroatoms. The molecule has 0 aliphatic carbocycles. The first-order valence-corrected chi connectivity index (χ1v) is 9.89. The van der Waals surface area contributed by atoms with E-state index in [1.807, 2.05) is 59.9 Å². The van der Waals surface area contributed by atoms with Crippen LogP contribution >= 0.6 is 0 Å². The molecule has 0 radical (unpaired) electrons. The number of aliphatic hydroxyl groups excluding tert-OH is 1. The molecule has 0 bridgehead atoms. The highest BCUT2D eigenvalue weighted by Gasteiger charge is 2.19. The van der Waals surface area contributed by atoms with Gasteiger partial charge in [0.05, 0.1) is 29.9 Å². The van der Waals surface area contributed by atoms with E-state index in [9.17, 15) is 5.26 Å². The Balaban J connectivity index is 0.00000132. The molecule has 0 aliphatic rings. The van der Waals surface area contributed by atoms with E-state index in [0.29, 0.717) is 11.2 Å². The molecule has 31 heavy (non-hydrogen) atoms. The Labute approximate surface area is 181 Å². The fraction of sp³-hybridized carbons (Fsp3) is 0.208. The molecular formula is C24H25N5O2. The third-order valence-electron chi connectivity index (χ3n) is 5.10. The lowest BCUT2D eigenvalue weighted by molar-refractivity contribution is 0.399. The average Bonchev–Trinajstić information content (AvgIpc) is 3.20. The third kappa shape index (κ3) is 3.93. The predicted octanol–water partition coefficient (Wildman–Crippen LogP) is 4.29. The van der Waals surface area contributed by atoms with Crippen molar-refractivity contribution in [3.63, 3.8) is 0 Å². The summed E-state index contributed by atoms with van der Waals surface area (Å²) in [4.78, 5) is 4.71. The summed E-state index contributed by atoms with van der Waals surface area (Å²) in [6.07, 6.45) is 2.49. The maximum Gasteiger partial charge on any atom is 0.157 e. The van der Waals surface area contributed by atoms with E-state index < -0.39 is 0 Å². The number of imidazole rings is 1. The van der Waals surface area contributed by atoms with Gasteiger partial charge >= 0.3 is 0 Å². The Morgan fingerprint density at radius 3 is 2.61 bits per heavy atom. The number of nitrogens with one attached hydrogen (secondary N) is 1. The molecule has 2 aromatic heterocycles. The maximum absolute atomic E-state index is 9.77. The van der Waals surface area contributed by atoms with Crippen LogP contribution in [0.5, 0.6) is 5.75 Å². The van der Waals surface area contributed by atoms with Crippen molar-refractivity contribution in [1.29, 1.82) is 5.26 Å². The lowest BCUT2D eigenvalue weighted by atomic mass is 10.0. The summed E-state index contributed by atoms with van der Waals surface area (Å²) in [6, 6.07) is 17.9. The number of hydrogen-bond donors (Lipinski definition) is 2. The van der Waals surface area contributed by atoms with E-state index in [-0.39, 0.29) is 0 Å². The highest BCUT2D eigenvalue weighted by Crippen LogP contribution is 2.31. The maximum atomic E-state index is 9.77. The fourth-order valence-electron chi connectivity index (χ4n) is 3.67. The van der Waals surface area contributed by atoms with Crippen LogP contribution < -0.4 is 10.2 Å². The number of hydrogen-bond acceptors (Lipinski definition) is 6. The molecule has 158 valence electrons. The van der Waals surface area contributed by atoms with Gasteiger partial charge in [-0.3, -0.25) is 9.83 Å². The van der Waals surface area contributed by atoms with E-state index in [1.54, 1.807) is 13.3 Å². The number of para-hydroxylation sites is 3. The molecule has 0 spiro atoms. The fourth-order valence-corrected chi connectivity index (χ4v) is 3.67. The molecule has 4 aromatic rings. The van der Waals surface area contributed by atoms with Gasteiger partial charge in [-0.15, -0.1) is 0 Å². The average molecular weight is 415 g/mol. The lowest BCUT2D eigenvalue weighted by Crippen LogP contribution is -2.07. The smallest absolute Gasteiger partial charge is 0.157 e. The van der Waals surface area contributed by atoms with Gasteiger partial charge in [-0.25, -0.2) is 4.98 Å². The predicted molar refractivity (Wildman–Crippen MR) is 124 cm³/mol. The van der Waals surface area contributed by atoms with Gasteiger partial charge in [-0.1, -0.05) is 31.2 Å². The number of aromatic nitrogens is 2. The van der Waals surface area contributed by atoms with E-state index in [1.165, 1.54) is 0 Å². The molecule has 0 amide bonds. The zero-order valence-corrected chi connectivity index (χ0v) is 18.0. The Bertz CT molecular complexity index is 1280. The summed E-state index contributed by atoms with van der Waals surface area (Å²) in [5.74, 6) is 1.57. The number of hydrazone groups is 1. The summed E-state index contributed by atoms with van der Waals surface area (Å²) in [6.45, 7) is 4.04. The van der Waals surface area contributed by atoms with E-state index in [4.69, 9.17) is 14.8 Å². The summed E-state index contributed by atoms with van der Waals surface area (Å²) in [5, 5.41) is 21.2. The number of rotatable bonds is 5. The van der Waals surface area contributed by atoms with Gasteiger partial charge in [-0.2, -0.15) is 10.4 Å². The summed E-state index contributed by atoms with van der Waals surface area (Å²) in [7, 11) is 2.64. The van der Waals surface area contributed by atoms with Crippen molar-refractivity contribution in [3.8, 4) is 11.8 Å². The minimum Gasteiger partial charge on any atom is -0.496 e. The largest absolute Gasteiger partial charge is 0.496 e. The molecule has 0 saturated carbocycles. The van der Waals surface area contributed by atoms with E-state index in [0.717, 1.165) is 52.8 Å². The van der Waals surface area contributed by atoms with Crippen LogP contribution in [0.25, 0.3) is 16.7 Å². The van der Waals surface area contributed by atoms with E-state index >= 15 is 0 Å². The number of methoxy groups -OCH3 is 1. The number of fused-ring (bicyclic) bond motifs is 3. The van der Waals surface area contributed by atoms with Gasteiger partial charge in [-0.05, 0) is 48.7 Å². The van der Waals surface area contributed by atoms with E-state index in [2.05, 4.69) is 23.5 Å². The van der Waals surface area contributed by atoms with Crippen LogP contribution in [0.2, 0.25) is 0 Å². The number of anilines is 1. The van der Waals surface area contributed by atoms with Gasteiger partial charge in [0.1, 0.15) is 17.6 Å². The molecule has 2 N–H and O–H groups in total. The molecule has 0 saturated heterocycles. The zero-order valence-electron chi connectivity index (χ0n) is 18.0. The number of nitrogens with zero attached hydrogens (tertiary/aromatic N) is 4. The Hall–Kier alpha value is -3.89. The van der Waals surface area contributed by atoms with Crippen molar-refractivity contribution in [2.24, 2.45) is 5.10 Å². The normalized spacial score (nSPS) is 10.7. The number of aliphatic hydroxyl groups is 1. The second-order valence-electron chi connectivity index (χ2n) is 6.66.